The molecule has 0 unspecified atom stereocenters. The second kappa shape index (κ2) is 8.33. The molecule has 3 aromatic rings. The predicted octanol–water partition coefficient (Wildman–Crippen LogP) is 3.80. The van der Waals surface area contributed by atoms with Crippen molar-refractivity contribution >= 4 is 44.6 Å². The Morgan fingerprint density at radius 3 is 2.39 bits per heavy atom. The zero-order valence-corrected chi connectivity index (χ0v) is 18.8. The van der Waals surface area contributed by atoms with Crippen LogP contribution in [0.4, 0.5) is 17.6 Å². The molecule has 2 aliphatic rings. The van der Waals surface area contributed by atoms with Gasteiger partial charge in [-0.05, 0) is 18.2 Å². The van der Waals surface area contributed by atoms with Crippen LogP contribution in [0.3, 0.4) is 0 Å². The third-order valence-corrected chi connectivity index (χ3v) is 7.91. The van der Waals surface area contributed by atoms with E-state index < -0.39 is 23.5 Å². The Labute approximate surface area is 194 Å². The number of benzene rings is 1. The SMILES string of the molecule is O=C(c1nccs1)N1CCN(C2CN(C(=O)c3sc4cc(C(F)(F)F)ccc4c3F)C2)CC1. The molecule has 5 rings (SSSR count). The normalized spacial score (nSPS) is 18.1. The Bertz CT molecular complexity index is 1200. The van der Waals surface area contributed by atoms with Gasteiger partial charge in [-0.25, -0.2) is 9.37 Å². The molecule has 0 saturated carbocycles. The van der Waals surface area contributed by atoms with Crippen molar-refractivity contribution in [2.24, 2.45) is 0 Å². The number of piperazine rings is 1. The molecule has 0 radical (unpaired) electrons. The summed E-state index contributed by atoms with van der Waals surface area (Å²) in [6.45, 7) is 3.30. The van der Waals surface area contributed by atoms with E-state index in [1.165, 1.54) is 16.2 Å². The van der Waals surface area contributed by atoms with Crippen LogP contribution < -0.4 is 0 Å². The summed E-state index contributed by atoms with van der Waals surface area (Å²) in [6, 6.07) is 2.89. The van der Waals surface area contributed by atoms with Crippen molar-refractivity contribution in [2.75, 3.05) is 39.3 Å². The van der Waals surface area contributed by atoms with E-state index in [9.17, 15) is 27.2 Å². The topological polar surface area (TPSA) is 56.8 Å². The van der Waals surface area contributed by atoms with Crippen molar-refractivity contribution in [1.29, 1.82) is 0 Å². The highest BCUT2D eigenvalue weighted by molar-refractivity contribution is 7.20. The quantitative estimate of drug-likeness (QED) is 0.516. The number of hydrogen-bond donors (Lipinski definition) is 0. The molecule has 6 nitrogen and oxygen atoms in total. The molecule has 1 aromatic carbocycles. The highest BCUT2D eigenvalue weighted by Crippen LogP contribution is 2.37. The number of thiophene rings is 1. The average molecular weight is 499 g/mol. The molecule has 2 aliphatic heterocycles. The maximum Gasteiger partial charge on any atom is 0.416 e. The third-order valence-electron chi connectivity index (χ3n) is 6.03. The van der Waals surface area contributed by atoms with Crippen molar-refractivity contribution in [3.8, 4) is 0 Å². The monoisotopic (exact) mass is 498 g/mol. The van der Waals surface area contributed by atoms with Crippen LogP contribution in [0.2, 0.25) is 0 Å². The van der Waals surface area contributed by atoms with Crippen molar-refractivity contribution in [3.63, 3.8) is 0 Å². The second-order valence-corrected chi connectivity index (χ2v) is 9.93. The Balaban J connectivity index is 1.19. The average Bonchev–Trinajstić information content (AvgIpc) is 3.40. The van der Waals surface area contributed by atoms with Gasteiger partial charge in [0.25, 0.3) is 11.8 Å². The first-order chi connectivity index (χ1) is 15.7. The fourth-order valence-corrected chi connectivity index (χ4v) is 5.82. The van der Waals surface area contributed by atoms with Gasteiger partial charge in [-0.3, -0.25) is 14.5 Å². The van der Waals surface area contributed by atoms with E-state index in [4.69, 9.17) is 0 Å². The number of amides is 2. The Hall–Kier alpha value is -2.57. The van der Waals surface area contributed by atoms with E-state index in [2.05, 4.69) is 9.88 Å². The number of fused-ring (bicyclic) bond motifs is 1. The van der Waals surface area contributed by atoms with Crippen LogP contribution in [0.15, 0.2) is 29.8 Å². The minimum atomic E-state index is -4.53. The van der Waals surface area contributed by atoms with Crippen molar-refractivity contribution < 1.29 is 27.2 Å². The first kappa shape index (κ1) is 22.2. The second-order valence-electron chi connectivity index (χ2n) is 7.98. The van der Waals surface area contributed by atoms with Gasteiger partial charge in [0.1, 0.15) is 4.88 Å². The maximum atomic E-state index is 14.7. The van der Waals surface area contributed by atoms with Crippen molar-refractivity contribution in [2.45, 2.75) is 12.2 Å². The summed E-state index contributed by atoms with van der Waals surface area (Å²) in [5, 5.41) is 2.25. The van der Waals surface area contributed by atoms with E-state index in [0.29, 0.717) is 44.3 Å². The van der Waals surface area contributed by atoms with E-state index in [0.717, 1.165) is 29.5 Å². The number of thiazole rings is 1. The molecule has 12 heteroatoms. The minimum Gasteiger partial charge on any atom is -0.335 e. The fraction of sp³-hybridized carbons (Fsp3) is 0.381. The smallest absolute Gasteiger partial charge is 0.335 e. The van der Waals surface area contributed by atoms with E-state index >= 15 is 0 Å². The Morgan fingerprint density at radius 2 is 1.76 bits per heavy atom. The van der Waals surface area contributed by atoms with Crippen LogP contribution in [0, 0.1) is 5.82 Å². The summed E-state index contributed by atoms with van der Waals surface area (Å²) >= 11 is 2.06. The van der Waals surface area contributed by atoms with Gasteiger partial charge in [0.2, 0.25) is 0 Å². The first-order valence-corrected chi connectivity index (χ1v) is 11.9. The number of nitrogens with zero attached hydrogens (tertiary/aromatic N) is 4. The standard InChI is InChI=1S/C21H18F4N4O2S2/c22-16-14-2-1-12(21(23,24)25)9-15(14)33-17(16)19(30)29-10-13(11-29)27-4-6-28(7-5-27)20(31)18-26-3-8-32-18/h1-3,8-9,13H,4-7,10-11H2. The van der Waals surface area contributed by atoms with Gasteiger partial charge in [0.15, 0.2) is 10.8 Å². The lowest BCUT2D eigenvalue weighted by Crippen LogP contribution is -2.64. The van der Waals surface area contributed by atoms with Crippen LogP contribution in [-0.2, 0) is 6.18 Å². The van der Waals surface area contributed by atoms with E-state index in [-0.39, 0.29) is 26.9 Å². The lowest BCUT2D eigenvalue weighted by Gasteiger charge is -2.47. The van der Waals surface area contributed by atoms with Crippen LogP contribution >= 0.6 is 22.7 Å². The molecule has 4 heterocycles. The molecular weight excluding hydrogens is 480 g/mol. The molecule has 2 aromatic heterocycles. The zero-order chi connectivity index (χ0) is 23.3. The number of carbonyl (C=O) groups excluding carboxylic acids is 2. The summed E-state index contributed by atoms with van der Waals surface area (Å²) in [4.78, 5) is 34.6. The van der Waals surface area contributed by atoms with Gasteiger partial charge in [0, 0.05) is 67.0 Å². The van der Waals surface area contributed by atoms with Crippen LogP contribution in [0.1, 0.15) is 25.0 Å². The number of hydrogen-bond acceptors (Lipinski definition) is 6. The number of halogens is 4. The molecule has 2 saturated heterocycles. The number of carbonyl (C=O) groups is 2. The molecule has 0 aliphatic carbocycles. The predicted molar refractivity (Wildman–Crippen MR) is 116 cm³/mol. The largest absolute Gasteiger partial charge is 0.416 e. The lowest BCUT2D eigenvalue weighted by molar-refractivity contribution is -0.137. The third kappa shape index (κ3) is 4.11. The Morgan fingerprint density at radius 1 is 1.03 bits per heavy atom. The summed E-state index contributed by atoms with van der Waals surface area (Å²) in [6.07, 6.45) is -2.93. The molecule has 0 atom stereocenters. The van der Waals surface area contributed by atoms with Gasteiger partial charge in [-0.1, -0.05) is 0 Å². The number of rotatable bonds is 3. The summed E-state index contributed by atoms with van der Waals surface area (Å²) in [5.41, 5.74) is -0.869. The molecule has 174 valence electrons. The summed E-state index contributed by atoms with van der Waals surface area (Å²) < 4.78 is 53.7. The number of aromatic nitrogens is 1. The van der Waals surface area contributed by atoms with Crippen LogP contribution in [-0.4, -0.2) is 76.8 Å². The van der Waals surface area contributed by atoms with Gasteiger partial charge in [-0.15, -0.1) is 22.7 Å². The number of alkyl halides is 3. The summed E-state index contributed by atoms with van der Waals surface area (Å²) in [7, 11) is 0. The van der Waals surface area contributed by atoms with Crippen molar-refractivity contribution in [3.05, 3.63) is 51.0 Å². The van der Waals surface area contributed by atoms with Gasteiger partial charge in [0.05, 0.1) is 5.56 Å². The van der Waals surface area contributed by atoms with Gasteiger partial charge < -0.3 is 9.80 Å². The first-order valence-electron chi connectivity index (χ1n) is 10.2. The minimum absolute atomic E-state index is 0.0226. The highest BCUT2D eigenvalue weighted by atomic mass is 32.1. The molecule has 0 N–H and O–H groups in total. The van der Waals surface area contributed by atoms with Crippen molar-refractivity contribution in [1.82, 2.24) is 19.7 Å². The molecule has 33 heavy (non-hydrogen) atoms. The molecular formula is C21H18F4N4O2S2. The summed E-state index contributed by atoms with van der Waals surface area (Å²) in [5.74, 6) is -1.36. The highest BCUT2D eigenvalue weighted by Gasteiger charge is 2.39. The molecule has 2 amide bonds. The maximum absolute atomic E-state index is 14.7. The van der Waals surface area contributed by atoms with Gasteiger partial charge in [-0.2, -0.15) is 13.2 Å². The molecule has 0 bridgehead atoms. The zero-order valence-electron chi connectivity index (χ0n) is 17.1. The van der Waals surface area contributed by atoms with Crippen LogP contribution in [0.25, 0.3) is 10.1 Å². The van der Waals surface area contributed by atoms with E-state index in [1.54, 1.807) is 16.5 Å². The molecule has 0 spiro atoms. The van der Waals surface area contributed by atoms with E-state index in [1.807, 2.05) is 0 Å². The fourth-order valence-electron chi connectivity index (χ4n) is 4.13. The Kier molecular flexibility index (Phi) is 5.61. The molecule has 2 fully saturated rings. The lowest BCUT2D eigenvalue weighted by atomic mass is 10.1. The number of likely N-dealkylation sites (tertiary alicyclic amines) is 1. The van der Waals surface area contributed by atoms with Crippen LogP contribution in [0.5, 0.6) is 0 Å². The van der Waals surface area contributed by atoms with Gasteiger partial charge >= 0.3 is 6.18 Å².